The molecular weight excluding hydrogens is 539 g/mol. The Hall–Kier alpha value is -4.74. The summed E-state index contributed by atoms with van der Waals surface area (Å²) in [5.74, 6) is -1.37. The second kappa shape index (κ2) is 9.15. The molecule has 41 heavy (non-hydrogen) atoms. The summed E-state index contributed by atoms with van der Waals surface area (Å²) in [6.07, 6.45) is -2.34. The lowest BCUT2D eigenvalue weighted by Gasteiger charge is -2.31. The predicted molar refractivity (Wildman–Crippen MR) is 141 cm³/mol. The van der Waals surface area contributed by atoms with Crippen LogP contribution in [0, 0.1) is 0 Å². The molecule has 9 nitrogen and oxygen atoms in total. The molecule has 3 aromatic rings. The fourth-order valence-corrected chi connectivity index (χ4v) is 6.08. The van der Waals surface area contributed by atoms with Gasteiger partial charge in [0.05, 0.1) is 5.41 Å². The van der Waals surface area contributed by atoms with Crippen LogP contribution in [0.3, 0.4) is 0 Å². The number of carbonyl (C=O) groups excluding carboxylic acids is 4. The molecule has 2 aliphatic heterocycles. The Kier molecular flexibility index (Phi) is 5.91. The first kappa shape index (κ1) is 26.5. The Bertz CT molecular complexity index is 1610. The average molecular weight is 564 g/mol. The van der Waals surface area contributed by atoms with Crippen LogP contribution in [0.5, 0.6) is 0 Å². The highest BCUT2D eigenvalue weighted by molar-refractivity contribution is 6.09. The third-order valence-electron chi connectivity index (χ3n) is 8.10. The Morgan fingerprint density at radius 3 is 2.49 bits per heavy atom. The number of nitrogens with zero attached hydrogens (tertiary/aromatic N) is 3. The molecule has 1 spiro atoms. The number of anilines is 2. The van der Waals surface area contributed by atoms with Gasteiger partial charge in [-0.1, -0.05) is 42.5 Å². The third kappa shape index (κ3) is 4.21. The van der Waals surface area contributed by atoms with Crippen LogP contribution >= 0.6 is 0 Å². The van der Waals surface area contributed by atoms with Gasteiger partial charge in [0.25, 0.3) is 5.91 Å². The zero-order valence-electron chi connectivity index (χ0n) is 21.8. The molecular formula is C29H24F3N5O4. The van der Waals surface area contributed by atoms with Crippen molar-refractivity contribution >= 4 is 35.3 Å². The quantitative estimate of drug-likeness (QED) is 0.460. The zero-order valence-corrected chi connectivity index (χ0v) is 21.8. The highest BCUT2D eigenvalue weighted by Gasteiger charge is 2.58. The Morgan fingerprint density at radius 1 is 1.02 bits per heavy atom. The van der Waals surface area contributed by atoms with E-state index in [1.165, 1.54) is 19.1 Å². The normalized spacial score (nSPS) is 23.2. The maximum Gasteiger partial charge on any atom is 0.406 e. The minimum atomic E-state index is -4.81. The van der Waals surface area contributed by atoms with E-state index < -0.39 is 48.1 Å². The van der Waals surface area contributed by atoms with Gasteiger partial charge in [0.1, 0.15) is 24.4 Å². The van der Waals surface area contributed by atoms with Crippen molar-refractivity contribution < 1.29 is 32.3 Å². The van der Waals surface area contributed by atoms with Gasteiger partial charge in [-0.2, -0.15) is 13.2 Å². The lowest BCUT2D eigenvalue weighted by atomic mass is 9.79. The van der Waals surface area contributed by atoms with Crippen molar-refractivity contribution in [2.45, 2.75) is 36.9 Å². The number of hydrogen-bond donors (Lipinski definition) is 2. The van der Waals surface area contributed by atoms with Gasteiger partial charge in [-0.05, 0) is 54.7 Å². The molecule has 12 heteroatoms. The fourth-order valence-electron chi connectivity index (χ4n) is 6.08. The monoisotopic (exact) mass is 563 g/mol. The van der Waals surface area contributed by atoms with Crippen molar-refractivity contribution in [1.29, 1.82) is 0 Å². The standard InChI is InChI=1S/C29H24F3N5O4/c1-27(19-6-3-2-4-7-19)25(40)36(16-29(30,31)32)26(41)37(27)15-22(38)34-20-10-9-17-13-28(14-18(17)12-20)21-8-5-11-33-23(21)35-24(28)39/h2-12H,13-16H2,1H3,(H,34,38)(H,33,35,39)/t27?,28-/m1/s1. The molecule has 1 unspecified atom stereocenters. The van der Waals surface area contributed by atoms with E-state index in [1.54, 1.807) is 42.6 Å². The number of alkyl halides is 3. The molecule has 1 saturated heterocycles. The number of benzene rings is 2. The Labute approximate surface area is 232 Å². The number of fused-ring (bicyclic) bond motifs is 3. The second-order valence-corrected chi connectivity index (χ2v) is 10.6. The predicted octanol–water partition coefficient (Wildman–Crippen LogP) is 3.75. The van der Waals surface area contributed by atoms with E-state index in [0.29, 0.717) is 24.3 Å². The number of amides is 5. The van der Waals surface area contributed by atoms with Gasteiger partial charge in [0.2, 0.25) is 11.8 Å². The minimum Gasteiger partial charge on any atom is -0.325 e. The van der Waals surface area contributed by atoms with E-state index in [0.717, 1.165) is 21.6 Å². The number of pyridine rings is 1. The van der Waals surface area contributed by atoms with Gasteiger partial charge in [-0.3, -0.25) is 24.2 Å². The lowest BCUT2D eigenvalue weighted by molar-refractivity contribution is -0.155. The number of carbonyl (C=O) groups is 4. The molecule has 2 atom stereocenters. The van der Waals surface area contributed by atoms with Crippen LogP contribution in [-0.2, 0) is 38.2 Å². The summed E-state index contributed by atoms with van der Waals surface area (Å²) in [5, 5.41) is 5.54. The number of urea groups is 1. The molecule has 0 saturated carbocycles. The minimum absolute atomic E-state index is 0.133. The summed E-state index contributed by atoms with van der Waals surface area (Å²) in [6, 6.07) is 15.6. The van der Waals surface area contributed by atoms with Crippen molar-refractivity contribution in [1.82, 2.24) is 14.8 Å². The zero-order chi connectivity index (χ0) is 29.2. The SMILES string of the molecule is CC1(c2ccccc2)C(=O)N(CC(F)(F)F)C(=O)N1CC(=O)Nc1ccc2c(c1)C[C@@]1(C2)C(=O)Nc2ncccc21. The summed E-state index contributed by atoms with van der Waals surface area (Å²) in [7, 11) is 0. The van der Waals surface area contributed by atoms with Crippen LogP contribution in [0.25, 0.3) is 0 Å². The topological polar surface area (TPSA) is 112 Å². The number of nitrogens with one attached hydrogen (secondary N) is 2. The first-order valence-electron chi connectivity index (χ1n) is 12.9. The molecule has 1 aromatic heterocycles. The summed E-state index contributed by atoms with van der Waals surface area (Å²) < 4.78 is 39.7. The van der Waals surface area contributed by atoms with Crippen LogP contribution in [0.1, 0.15) is 29.2 Å². The van der Waals surface area contributed by atoms with Crippen molar-refractivity contribution in [3.05, 3.63) is 89.1 Å². The molecule has 5 amide bonds. The second-order valence-electron chi connectivity index (χ2n) is 10.6. The summed E-state index contributed by atoms with van der Waals surface area (Å²) in [4.78, 5) is 57.7. The van der Waals surface area contributed by atoms with Crippen molar-refractivity contribution in [2.24, 2.45) is 0 Å². The van der Waals surface area contributed by atoms with E-state index in [9.17, 15) is 32.3 Å². The van der Waals surface area contributed by atoms with Crippen LogP contribution in [0.4, 0.5) is 29.5 Å². The van der Waals surface area contributed by atoms with Gasteiger partial charge in [-0.25, -0.2) is 9.78 Å². The largest absolute Gasteiger partial charge is 0.406 e. The van der Waals surface area contributed by atoms with Crippen LogP contribution in [0.15, 0.2) is 66.9 Å². The van der Waals surface area contributed by atoms with Gasteiger partial charge < -0.3 is 10.6 Å². The summed E-state index contributed by atoms with van der Waals surface area (Å²) in [5.41, 5.74) is 0.666. The molecule has 0 radical (unpaired) electrons. The van der Waals surface area contributed by atoms with Gasteiger partial charge in [-0.15, -0.1) is 0 Å². The summed E-state index contributed by atoms with van der Waals surface area (Å²) >= 11 is 0. The molecule has 2 N–H and O–H groups in total. The first-order chi connectivity index (χ1) is 19.4. The number of aromatic nitrogens is 1. The molecule has 0 bridgehead atoms. The Balaban J connectivity index is 1.24. The third-order valence-corrected chi connectivity index (χ3v) is 8.10. The molecule has 2 aromatic carbocycles. The molecule has 3 heterocycles. The average Bonchev–Trinajstić information content (AvgIpc) is 3.50. The van der Waals surface area contributed by atoms with E-state index in [1.807, 2.05) is 12.1 Å². The maximum atomic E-state index is 13.2. The number of halogens is 3. The molecule has 6 rings (SSSR count). The number of rotatable bonds is 5. The summed E-state index contributed by atoms with van der Waals surface area (Å²) in [6.45, 7) is -1.09. The molecule has 3 aliphatic rings. The fraction of sp³-hybridized carbons (Fsp3) is 0.276. The Morgan fingerprint density at radius 2 is 1.76 bits per heavy atom. The van der Waals surface area contributed by atoms with Gasteiger partial charge in [0.15, 0.2) is 0 Å². The molecule has 1 fully saturated rings. The van der Waals surface area contributed by atoms with Crippen LogP contribution in [-0.4, -0.2) is 57.8 Å². The van der Waals surface area contributed by atoms with Gasteiger partial charge in [0, 0.05) is 17.4 Å². The van der Waals surface area contributed by atoms with Crippen molar-refractivity contribution in [2.75, 3.05) is 23.7 Å². The van der Waals surface area contributed by atoms with E-state index in [4.69, 9.17) is 0 Å². The number of hydrogen-bond acceptors (Lipinski definition) is 5. The van der Waals surface area contributed by atoms with E-state index >= 15 is 0 Å². The molecule has 210 valence electrons. The highest BCUT2D eigenvalue weighted by atomic mass is 19.4. The van der Waals surface area contributed by atoms with E-state index in [2.05, 4.69) is 15.6 Å². The number of imide groups is 1. The first-order valence-corrected chi connectivity index (χ1v) is 12.9. The van der Waals surface area contributed by atoms with Crippen LogP contribution < -0.4 is 10.6 Å². The lowest BCUT2D eigenvalue weighted by Crippen LogP contribution is -2.47. The highest BCUT2D eigenvalue weighted by Crippen LogP contribution is 2.47. The van der Waals surface area contributed by atoms with E-state index in [-0.39, 0.29) is 16.4 Å². The van der Waals surface area contributed by atoms with Crippen LogP contribution in [0.2, 0.25) is 0 Å². The molecule has 1 aliphatic carbocycles. The van der Waals surface area contributed by atoms with Crippen molar-refractivity contribution in [3.8, 4) is 0 Å². The van der Waals surface area contributed by atoms with Gasteiger partial charge >= 0.3 is 12.2 Å². The maximum absolute atomic E-state index is 13.2. The van der Waals surface area contributed by atoms with Crippen molar-refractivity contribution in [3.63, 3.8) is 0 Å². The smallest absolute Gasteiger partial charge is 0.325 e.